The van der Waals surface area contributed by atoms with Gasteiger partial charge in [-0.15, -0.1) is 0 Å². The molecule has 0 atom stereocenters. The molecule has 0 unspecified atom stereocenters. The number of rotatable bonds is 2. The smallest absolute Gasteiger partial charge is 0.156 e. The molecule has 0 amide bonds. The van der Waals surface area contributed by atoms with Crippen molar-refractivity contribution in [2.75, 3.05) is 18.8 Å². The molecular formula is C10H17N3S. The van der Waals surface area contributed by atoms with Crippen LogP contribution in [0.4, 0.5) is 0 Å². The normalized spacial score (nSPS) is 17.6. The van der Waals surface area contributed by atoms with Crippen molar-refractivity contribution in [3.05, 3.63) is 0 Å². The SMILES string of the molecule is CC(C)(C#N)CSC1=NCCCCN1. The van der Waals surface area contributed by atoms with Crippen molar-refractivity contribution in [1.29, 1.82) is 5.26 Å². The molecule has 0 bridgehead atoms. The molecular weight excluding hydrogens is 194 g/mol. The minimum atomic E-state index is -0.263. The molecule has 0 saturated carbocycles. The molecule has 1 aliphatic heterocycles. The fourth-order valence-corrected chi connectivity index (χ4v) is 2.00. The highest BCUT2D eigenvalue weighted by Gasteiger charge is 2.18. The van der Waals surface area contributed by atoms with Crippen LogP contribution < -0.4 is 5.32 Å². The molecule has 1 heterocycles. The van der Waals surface area contributed by atoms with Gasteiger partial charge in [0, 0.05) is 18.8 Å². The van der Waals surface area contributed by atoms with Crippen molar-refractivity contribution in [3.63, 3.8) is 0 Å². The minimum absolute atomic E-state index is 0.263. The standard InChI is InChI=1S/C10H17N3S/c1-10(2,7-11)8-14-9-12-5-3-4-6-13-9/h3-6,8H2,1-2H3,(H,12,13). The largest absolute Gasteiger partial charge is 0.365 e. The second-order valence-electron chi connectivity index (χ2n) is 4.11. The van der Waals surface area contributed by atoms with E-state index in [1.807, 2.05) is 13.8 Å². The Morgan fingerprint density at radius 2 is 2.36 bits per heavy atom. The van der Waals surface area contributed by atoms with E-state index in [-0.39, 0.29) is 5.41 Å². The Hall–Kier alpha value is -0.690. The van der Waals surface area contributed by atoms with Gasteiger partial charge in [-0.1, -0.05) is 11.8 Å². The number of nitrogens with one attached hydrogen (secondary N) is 1. The van der Waals surface area contributed by atoms with Crippen molar-refractivity contribution < 1.29 is 0 Å². The topological polar surface area (TPSA) is 48.2 Å². The summed E-state index contributed by atoms with van der Waals surface area (Å²) in [7, 11) is 0. The summed E-state index contributed by atoms with van der Waals surface area (Å²) in [4.78, 5) is 4.42. The van der Waals surface area contributed by atoms with Crippen LogP contribution in [0.1, 0.15) is 26.7 Å². The number of hydrogen-bond donors (Lipinski definition) is 1. The summed E-state index contributed by atoms with van der Waals surface area (Å²) < 4.78 is 0. The van der Waals surface area contributed by atoms with Gasteiger partial charge in [-0.05, 0) is 26.7 Å². The highest BCUT2D eigenvalue weighted by molar-refractivity contribution is 8.13. The predicted molar refractivity (Wildman–Crippen MR) is 61.4 cm³/mol. The molecule has 0 aliphatic carbocycles. The third kappa shape index (κ3) is 4.01. The summed E-state index contributed by atoms with van der Waals surface area (Å²) in [6.45, 7) is 5.84. The van der Waals surface area contributed by atoms with Gasteiger partial charge in [-0.2, -0.15) is 5.26 Å². The van der Waals surface area contributed by atoms with E-state index >= 15 is 0 Å². The summed E-state index contributed by atoms with van der Waals surface area (Å²) in [6, 6.07) is 2.29. The quantitative estimate of drug-likeness (QED) is 0.760. The first-order valence-corrected chi connectivity index (χ1v) is 5.95. The van der Waals surface area contributed by atoms with Crippen molar-refractivity contribution >= 4 is 16.9 Å². The van der Waals surface area contributed by atoms with Crippen LogP contribution in [-0.2, 0) is 0 Å². The van der Waals surface area contributed by atoms with Crippen LogP contribution in [0, 0.1) is 16.7 Å². The van der Waals surface area contributed by atoms with E-state index in [0.29, 0.717) is 0 Å². The van der Waals surface area contributed by atoms with Crippen molar-refractivity contribution in [1.82, 2.24) is 5.32 Å². The highest BCUT2D eigenvalue weighted by atomic mass is 32.2. The van der Waals surface area contributed by atoms with E-state index in [9.17, 15) is 0 Å². The van der Waals surface area contributed by atoms with Crippen LogP contribution in [-0.4, -0.2) is 24.0 Å². The van der Waals surface area contributed by atoms with E-state index in [0.717, 1.165) is 24.0 Å². The van der Waals surface area contributed by atoms with Gasteiger partial charge in [0.25, 0.3) is 0 Å². The first-order valence-electron chi connectivity index (χ1n) is 4.96. The first kappa shape index (κ1) is 11.4. The monoisotopic (exact) mass is 211 g/mol. The van der Waals surface area contributed by atoms with Gasteiger partial charge in [-0.3, -0.25) is 4.99 Å². The maximum Gasteiger partial charge on any atom is 0.156 e. The molecule has 1 aliphatic rings. The van der Waals surface area contributed by atoms with Gasteiger partial charge in [-0.25, -0.2) is 0 Å². The molecule has 14 heavy (non-hydrogen) atoms. The zero-order valence-electron chi connectivity index (χ0n) is 8.84. The molecule has 0 aromatic heterocycles. The van der Waals surface area contributed by atoms with Gasteiger partial charge in [0.15, 0.2) is 5.17 Å². The molecule has 0 aromatic rings. The summed E-state index contributed by atoms with van der Waals surface area (Å²) in [5.41, 5.74) is -0.263. The van der Waals surface area contributed by atoms with E-state index in [1.54, 1.807) is 11.8 Å². The van der Waals surface area contributed by atoms with Gasteiger partial charge < -0.3 is 5.32 Å². The molecule has 1 rings (SSSR count). The van der Waals surface area contributed by atoms with Gasteiger partial charge in [0.05, 0.1) is 11.5 Å². The fourth-order valence-electron chi connectivity index (χ4n) is 1.05. The third-order valence-electron chi connectivity index (χ3n) is 1.99. The minimum Gasteiger partial charge on any atom is -0.365 e. The molecule has 4 heteroatoms. The second kappa shape index (κ2) is 5.26. The Morgan fingerprint density at radius 1 is 1.57 bits per heavy atom. The lowest BCUT2D eigenvalue weighted by Crippen LogP contribution is -2.23. The number of aliphatic imine (C=N–C) groups is 1. The molecule has 78 valence electrons. The van der Waals surface area contributed by atoms with Crippen LogP contribution in [0.25, 0.3) is 0 Å². The molecule has 3 nitrogen and oxygen atoms in total. The van der Waals surface area contributed by atoms with E-state index in [1.165, 1.54) is 12.8 Å². The van der Waals surface area contributed by atoms with Crippen molar-refractivity contribution in [2.45, 2.75) is 26.7 Å². The number of thioether (sulfide) groups is 1. The Labute approximate surface area is 90.0 Å². The van der Waals surface area contributed by atoms with Crippen LogP contribution in [0.5, 0.6) is 0 Å². The zero-order chi connectivity index (χ0) is 10.4. The average molecular weight is 211 g/mol. The van der Waals surface area contributed by atoms with Crippen LogP contribution in [0.2, 0.25) is 0 Å². The molecule has 1 N–H and O–H groups in total. The fraction of sp³-hybridized carbons (Fsp3) is 0.800. The molecule has 0 radical (unpaired) electrons. The molecule has 0 aromatic carbocycles. The summed E-state index contributed by atoms with van der Waals surface area (Å²) in [5, 5.41) is 13.1. The van der Waals surface area contributed by atoms with E-state index in [4.69, 9.17) is 5.26 Å². The zero-order valence-corrected chi connectivity index (χ0v) is 9.65. The predicted octanol–water partition coefficient (Wildman–Crippen LogP) is 2.01. The van der Waals surface area contributed by atoms with E-state index in [2.05, 4.69) is 16.4 Å². The molecule has 0 spiro atoms. The Bertz CT molecular complexity index is 253. The molecule has 0 saturated heterocycles. The lowest BCUT2D eigenvalue weighted by molar-refractivity contribution is 0.575. The number of hydrogen-bond acceptors (Lipinski definition) is 4. The van der Waals surface area contributed by atoms with Gasteiger partial charge in [0.1, 0.15) is 0 Å². The lowest BCUT2D eigenvalue weighted by atomic mass is 10.00. The van der Waals surface area contributed by atoms with Crippen LogP contribution in [0.15, 0.2) is 4.99 Å². The maximum atomic E-state index is 8.86. The first-order chi connectivity index (χ1) is 6.64. The van der Waals surface area contributed by atoms with E-state index < -0.39 is 0 Å². The van der Waals surface area contributed by atoms with Crippen molar-refractivity contribution in [2.24, 2.45) is 10.4 Å². The third-order valence-corrected chi connectivity index (χ3v) is 3.40. The summed E-state index contributed by atoms with van der Waals surface area (Å²) in [5.74, 6) is 0.801. The maximum absolute atomic E-state index is 8.86. The Morgan fingerprint density at radius 3 is 3.07 bits per heavy atom. The summed E-state index contributed by atoms with van der Waals surface area (Å²) >= 11 is 1.66. The number of amidine groups is 1. The lowest BCUT2D eigenvalue weighted by Gasteiger charge is -2.15. The van der Waals surface area contributed by atoms with Gasteiger partial charge >= 0.3 is 0 Å². The van der Waals surface area contributed by atoms with Crippen molar-refractivity contribution in [3.8, 4) is 6.07 Å². The van der Waals surface area contributed by atoms with Crippen LogP contribution >= 0.6 is 11.8 Å². The molecule has 0 fully saturated rings. The average Bonchev–Trinajstić information content (AvgIpc) is 2.43. The Kier molecular flexibility index (Phi) is 4.27. The number of nitrogens with zero attached hydrogens (tertiary/aromatic N) is 2. The van der Waals surface area contributed by atoms with Crippen LogP contribution in [0.3, 0.4) is 0 Å². The van der Waals surface area contributed by atoms with Gasteiger partial charge in [0.2, 0.25) is 0 Å². The number of nitriles is 1. The highest BCUT2D eigenvalue weighted by Crippen LogP contribution is 2.21. The Balaban J connectivity index is 2.37. The summed E-state index contributed by atoms with van der Waals surface area (Å²) in [6.07, 6.45) is 2.36. The second-order valence-corrected chi connectivity index (χ2v) is 5.07.